The minimum absolute atomic E-state index is 0.0138. The molecule has 0 saturated heterocycles. The Balaban J connectivity index is 1.53. The average Bonchev–Trinajstić information content (AvgIpc) is 3.56. The molecule has 1 aromatic heterocycles. The molecule has 310 valence electrons. The lowest BCUT2D eigenvalue weighted by atomic mass is 9.72. The minimum Gasteiger partial charge on any atom is -0.497 e. The van der Waals surface area contributed by atoms with Crippen LogP contribution in [-0.4, -0.2) is 52.1 Å². The van der Waals surface area contributed by atoms with Gasteiger partial charge >= 0.3 is 12.1 Å². The summed E-state index contributed by atoms with van der Waals surface area (Å²) >= 11 is 0. The number of para-hydroxylation sites is 1. The first kappa shape index (κ1) is 43.6. The molecule has 1 aliphatic rings. The number of nitrogens with one attached hydrogen (secondary N) is 3. The van der Waals surface area contributed by atoms with E-state index in [2.05, 4.69) is 15.6 Å². The number of aryl methyl sites for hydroxylation is 1. The second-order valence-corrected chi connectivity index (χ2v) is 15.4. The molecule has 10 nitrogen and oxygen atoms in total. The number of halogens is 4. The van der Waals surface area contributed by atoms with E-state index >= 15 is 0 Å². The smallest absolute Gasteiger partial charge is 0.418 e. The van der Waals surface area contributed by atoms with Crippen molar-refractivity contribution in [2.24, 2.45) is 23.7 Å². The number of rotatable bonds is 17. The number of ether oxygens (including phenoxy) is 1. The summed E-state index contributed by atoms with van der Waals surface area (Å²) in [5.74, 6) is -6.51. The number of carboxylic acids is 1. The number of benzene rings is 3. The summed E-state index contributed by atoms with van der Waals surface area (Å²) in [6.07, 6.45) is -4.77. The lowest BCUT2D eigenvalue weighted by Gasteiger charge is -2.39. The number of Topliss-reactive ketones (excluding diaryl/α,β-unsaturated/α-hetero) is 2. The van der Waals surface area contributed by atoms with Crippen LogP contribution < -0.4 is 15.4 Å². The summed E-state index contributed by atoms with van der Waals surface area (Å²) in [5.41, 5.74) is -1.88. The highest BCUT2D eigenvalue weighted by Crippen LogP contribution is 2.41. The maximum atomic E-state index is 15.0. The number of aromatic nitrogens is 1. The summed E-state index contributed by atoms with van der Waals surface area (Å²) in [5, 5.41) is 15.8. The number of ketones is 2. The SMILES string of the molecule is CCC(C)[C@H](CC(=O)[C@@]1(NC(=O)[C@@H](CC(=O)Cc2ccccc2F)C(C)CC)CCc2[nH]c3c(C(F)(F)F)cccc3c2C1)C(=O)Nc1ccc(OC)cc1C(=O)O. The van der Waals surface area contributed by atoms with Crippen LogP contribution in [0.2, 0.25) is 0 Å². The molecular formula is C44H49F4N3O7. The number of alkyl halides is 3. The predicted octanol–water partition coefficient (Wildman–Crippen LogP) is 8.50. The Morgan fingerprint density at radius 1 is 0.914 bits per heavy atom. The van der Waals surface area contributed by atoms with Gasteiger partial charge in [0.05, 0.1) is 29.4 Å². The third-order valence-electron chi connectivity index (χ3n) is 11.8. The van der Waals surface area contributed by atoms with Crippen LogP contribution in [0.5, 0.6) is 5.75 Å². The van der Waals surface area contributed by atoms with Crippen molar-refractivity contribution in [3.05, 3.63) is 94.4 Å². The van der Waals surface area contributed by atoms with Gasteiger partial charge in [-0.25, -0.2) is 9.18 Å². The van der Waals surface area contributed by atoms with Gasteiger partial charge in [-0.1, -0.05) is 70.9 Å². The molecule has 5 atom stereocenters. The average molecular weight is 808 g/mol. The molecule has 0 fully saturated rings. The van der Waals surface area contributed by atoms with Crippen LogP contribution in [0.3, 0.4) is 0 Å². The maximum absolute atomic E-state index is 15.0. The van der Waals surface area contributed by atoms with Crippen LogP contribution in [-0.2, 0) is 44.6 Å². The fourth-order valence-electron chi connectivity index (χ4n) is 7.85. The molecule has 1 heterocycles. The highest BCUT2D eigenvalue weighted by molar-refractivity contribution is 6.04. The van der Waals surface area contributed by atoms with Crippen LogP contribution in [0.1, 0.15) is 92.5 Å². The normalized spacial score (nSPS) is 17.4. The molecule has 1 aliphatic carbocycles. The van der Waals surface area contributed by atoms with Crippen molar-refractivity contribution in [2.45, 2.75) is 90.8 Å². The quantitative estimate of drug-likeness (QED) is 0.0781. The summed E-state index contributed by atoms with van der Waals surface area (Å²) in [6, 6.07) is 13.7. The Bertz CT molecular complexity index is 2200. The minimum atomic E-state index is -4.67. The zero-order chi connectivity index (χ0) is 42.5. The van der Waals surface area contributed by atoms with Gasteiger partial charge in [0.25, 0.3) is 0 Å². The van der Waals surface area contributed by atoms with Crippen molar-refractivity contribution in [2.75, 3.05) is 12.4 Å². The molecule has 0 radical (unpaired) electrons. The van der Waals surface area contributed by atoms with Gasteiger partial charge in [-0.05, 0) is 66.1 Å². The molecule has 14 heteroatoms. The number of amides is 2. The van der Waals surface area contributed by atoms with Crippen molar-refractivity contribution in [1.82, 2.24) is 10.3 Å². The standard InChI is InChI=1S/C44H49F4N3O7/c1-6-24(3)30(20-27(52)19-26-11-8-9-14-35(26)45)41(55)51-43(18-17-37-33(23-43)29-12-10-13-34(39(29)49-37)44(46,47)48)38(53)22-31(25(4)7-2)40(54)50-36-16-15-28(58-5)21-32(36)42(56)57/h8-16,21,24-25,30-31,49H,6-7,17-20,22-23H2,1-5H3,(H,50,54)(H,51,55)(H,56,57)/t24?,25?,30-,31-,43+/m0/s1. The number of methoxy groups -OCH3 is 1. The van der Waals surface area contributed by atoms with Gasteiger partial charge in [-0.3, -0.25) is 19.2 Å². The predicted molar refractivity (Wildman–Crippen MR) is 210 cm³/mol. The van der Waals surface area contributed by atoms with E-state index in [1.807, 2.05) is 13.8 Å². The van der Waals surface area contributed by atoms with E-state index in [0.29, 0.717) is 24.1 Å². The van der Waals surface area contributed by atoms with Crippen LogP contribution >= 0.6 is 0 Å². The van der Waals surface area contributed by atoms with Gasteiger partial charge in [0, 0.05) is 48.6 Å². The number of H-pyrrole nitrogens is 1. The molecule has 2 amide bonds. The number of carbonyl (C=O) groups is 5. The van der Waals surface area contributed by atoms with Crippen molar-refractivity contribution in [3.63, 3.8) is 0 Å². The fourth-order valence-corrected chi connectivity index (χ4v) is 7.85. The topological polar surface area (TPSA) is 155 Å². The van der Waals surface area contributed by atoms with E-state index in [-0.39, 0.29) is 77.3 Å². The molecule has 4 aromatic rings. The highest BCUT2D eigenvalue weighted by Gasteiger charge is 2.47. The molecule has 0 spiro atoms. The van der Waals surface area contributed by atoms with Gasteiger partial charge in [-0.15, -0.1) is 0 Å². The van der Waals surface area contributed by atoms with Crippen molar-refractivity contribution < 1.29 is 51.4 Å². The number of hydrogen-bond acceptors (Lipinski definition) is 6. The molecule has 4 N–H and O–H groups in total. The van der Waals surface area contributed by atoms with Crippen LogP contribution in [0.4, 0.5) is 23.2 Å². The molecule has 0 saturated carbocycles. The Morgan fingerprint density at radius 2 is 1.59 bits per heavy atom. The maximum Gasteiger partial charge on any atom is 0.418 e. The molecule has 5 rings (SSSR count). The molecule has 3 aromatic carbocycles. The number of carboxylic acid groups (broad SMARTS) is 1. The fraction of sp³-hybridized carbons (Fsp3) is 0.432. The zero-order valence-electron chi connectivity index (χ0n) is 33.1. The van der Waals surface area contributed by atoms with E-state index in [4.69, 9.17) is 4.74 Å². The summed E-state index contributed by atoms with van der Waals surface area (Å²) in [6.45, 7) is 7.24. The Morgan fingerprint density at radius 3 is 2.21 bits per heavy atom. The summed E-state index contributed by atoms with van der Waals surface area (Å²) in [4.78, 5) is 71.9. The van der Waals surface area contributed by atoms with E-state index in [0.717, 1.165) is 6.07 Å². The van der Waals surface area contributed by atoms with E-state index in [9.17, 15) is 46.6 Å². The third kappa shape index (κ3) is 9.43. The molecule has 0 bridgehead atoms. The summed E-state index contributed by atoms with van der Waals surface area (Å²) in [7, 11) is 1.37. The van der Waals surface area contributed by atoms with Gasteiger partial charge in [0.2, 0.25) is 11.8 Å². The van der Waals surface area contributed by atoms with Gasteiger partial charge in [-0.2, -0.15) is 13.2 Å². The monoisotopic (exact) mass is 807 g/mol. The number of carbonyl (C=O) groups excluding carboxylic acids is 4. The van der Waals surface area contributed by atoms with Crippen LogP contribution in [0.15, 0.2) is 60.7 Å². The van der Waals surface area contributed by atoms with Crippen molar-refractivity contribution >= 4 is 45.9 Å². The van der Waals surface area contributed by atoms with Gasteiger partial charge in [0.15, 0.2) is 5.78 Å². The molecule has 0 aliphatic heterocycles. The van der Waals surface area contributed by atoms with E-state index in [1.165, 1.54) is 55.6 Å². The first-order chi connectivity index (χ1) is 27.4. The molecular weight excluding hydrogens is 758 g/mol. The number of anilines is 1. The number of aromatic carboxylic acids is 1. The third-order valence-corrected chi connectivity index (χ3v) is 11.8. The van der Waals surface area contributed by atoms with Crippen LogP contribution in [0, 0.1) is 29.5 Å². The van der Waals surface area contributed by atoms with Crippen LogP contribution in [0.25, 0.3) is 10.9 Å². The molecule has 2 unspecified atom stereocenters. The lowest BCUT2D eigenvalue weighted by molar-refractivity contribution is -0.138. The number of aromatic amines is 1. The Kier molecular flexibility index (Phi) is 13.5. The zero-order valence-corrected chi connectivity index (χ0v) is 33.1. The largest absolute Gasteiger partial charge is 0.497 e. The van der Waals surface area contributed by atoms with E-state index in [1.54, 1.807) is 19.9 Å². The lowest BCUT2D eigenvalue weighted by Crippen LogP contribution is -2.60. The van der Waals surface area contributed by atoms with Crippen molar-refractivity contribution in [1.29, 1.82) is 0 Å². The highest BCUT2D eigenvalue weighted by atomic mass is 19.4. The number of hydrogen-bond donors (Lipinski definition) is 4. The second kappa shape index (κ2) is 17.9. The van der Waals surface area contributed by atoms with E-state index < -0.39 is 70.8 Å². The second-order valence-electron chi connectivity index (χ2n) is 15.4. The van der Waals surface area contributed by atoms with Gasteiger partial charge < -0.3 is 25.5 Å². The Hall–Kier alpha value is -5.53. The first-order valence-electron chi connectivity index (χ1n) is 19.4. The van der Waals surface area contributed by atoms with Gasteiger partial charge in [0.1, 0.15) is 22.9 Å². The Labute approximate surface area is 334 Å². The summed E-state index contributed by atoms with van der Waals surface area (Å²) < 4.78 is 62.0. The first-order valence-corrected chi connectivity index (χ1v) is 19.4. The molecule has 58 heavy (non-hydrogen) atoms. The number of fused-ring (bicyclic) bond motifs is 3. The van der Waals surface area contributed by atoms with Crippen molar-refractivity contribution in [3.8, 4) is 5.75 Å².